The summed E-state index contributed by atoms with van der Waals surface area (Å²) in [4.78, 5) is 22.1. The Balaban J connectivity index is 2.66. The first-order chi connectivity index (χ1) is 7.52. The molecular formula is C9H7BrCl2N2O2. The standard InChI is InChI=1S/C9H7BrCl2N2O2/c10-6-3-5(12)1-2-7(6)13-9(16)14-8(15)4-11/h1-3H,4H2,(H2,13,14,15,16). The van der Waals surface area contributed by atoms with Crippen molar-refractivity contribution in [2.24, 2.45) is 0 Å². The van der Waals surface area contributed by atoms with Crippen LogP contribution in [0, 0.1) is 0 Å². The van der Waals surface area contributed by atoms with Gasteiger partial charge in [-0.15, -0.1) is 11.6 Å². The Morgan fingerprint density at radius 3 is 2.62 bits per heavy atom. The number of alkyl halides is 1. The van der Waals surface area contributed by atoms with Crippen LogP contribution in [-0.2, 0) is 4.79 Å². The van der Waals surface area contributed by atoms with E-state index in [-0.39, 0.29) is 5.88 Å². The Morgan fingerprint density at radius 2 is 2.06 bits per heavy atom. The van der Waals surface area contributed by atoms with Crippen LogP contribution in [0.5, 0.6) is 0 Å². The predicted molar refractivity (Wildman–Crippen MR) is 67.0 cm³/mol. The van der Waals surface area contributed by atoms with Gasteiger partial charge in [-0.25, -0.2) is 4.79 Å². The van der Waals surface area contributed by atoms with Gasteiger partial charge in [0.15, 0.2) is 0 Å². The fourth-order valence-electron chi connectivity index (χ4n) is 0.904. The lowest BCUT2D eigenvalue weighted by Crippen LogP contribution is -2.35. The number of hydrogen-bond acceptors (Lipinski definition) is 2. The van der Waals surface area contributed by atoms with Crippen LogP contribution in [0.2, 0.25) is 5.02 Å². The predicted octanol–water partition coefficient (Wildman–Crippen LogP) is 2.99. The molecule has 16 heavy (non-hydrogen) atoms. The average molecular weight is 326 g/mol. The summed E-state index contributed by atoms with van der Waals surface area (Å²) < 4.78 is 0.619. The molecule has 0 fully saturated rings. The molecule has 0 bridgehead atoms. The number of imide groups is 1. The molecule has 0 aromatic heterocycles. The third-order valence-electron chi connectivity index (χ3n) is 1.55. The summed E-state index contributed by atoms with van der Waals surface area (Å²) in [5.41, 5.74) is 0.504. The third-order valence-corrected chi connectivity index (χ3v) is 2.69. The first kappa shape index (κ1) is 13.3. The molecule has 3 amide bonds. The number of amides is 3. The number of halogens is 3. The summed E-state index contributed by atoms with van der Waals surface area (Å²) in [5, 5.41) is 5.05. The Labute approximate surface area is 110 Å². The fraction of sp³-hybridized carbons (Fsp3) is 0.111. The zero-order valence-corrected chi connectivity index (χ0v) is 11.0. The molecular weight excluding hydrogens is 319 g/mol. The van der Waals surface area contributed by atoms with Gasteiger partial charge in [0.2, 0.25) is 5.91 Å². The van der Waals surface area contributed by atoms with E-state index in [4.69, 9.17) is 23.2 Å². The van der Waals surface area contributed by atoms with E-state index >= 15 is 0 Å². The average Bonchev–Trinajstić information content (AvgIpc) is 2.22. The SMILES string of the molecule is O=C(CCl)NC(=O)Nc1ccc(Cl)cc1Br. The smallest absolute Gasteiger partial charge is 0.307 e. The van der Waals surface area contributed by atoms with Crippen LogP contribution < -0.4 is 10.6 Å². The van der Waals surface area contributed by atoms with Gasteiger partial charge in [-0.1, -0.05) is 11.6 Å². The molecule has 0 radical (unpaired) electrons. The molecule has 0 aliphatic rings. The van der Waals surface area contributed by atoms with Crippen LogP contribution in [-0.4, -0.2) is 17.8 Å². The minimum atomic E-state index is -0.645. The van der Waals surface area contributed by atoms with Gasteiger partial charge in [0.25, 0.3) is 0 Å². The molecule has 0 heterocycles. The summed E-state index contributed by atoms with van der Waals surface area (Å²) in [7, 11) is 0. The molecule has 0 saturated carbocycles. The number of carbonyl (C=O) groups is 2. The lowest BCUT2D eigenvalue weighted by Gasteiger charge is -2.07. The first-order valence-corrected chi connectivity index (χ1v) is 5.85. The number of hydrogen-bond donors (Lipinski definition) is 2. The van der Waals surface area contributed by atoms with Crippen molar-refractivity contribution in [3.63, 3.8) is 0 Å². The van der Waals surface area contributed by atoms with Crippen molar-refractivity contribution in [1.82, 2.24) is 5.32 Å². The van der Waals surface area contributed by atoms with E-state index < -0.39 is 11.9 Å². The van der Waals surface area contributed by atoms with Crippen molar-refractivity contribution < 1.29 is 9.59 Å². The largest absolute Gasteiger partial charge is 0.325 e. The van der Waals surface area contributed by atoms with Crippen molar-refractivity contribution in [3.05, 3.63) is 27.7 Å². The number of nitrogens with one attached hydrogen (secondary N) is 2. The molecule has 7 heteroatoms. The number of anilines is 1. The summed E-state index contributed by atoms with van der Waals surface area (Å²) in [5.74, 6) is -0.834. The molecule has 0 saturated heterocycles. The summed E-state index contributed by atoms with van der Waals surface area (Å²) in [6, 6.07) is 4.21. The zero-order valence-electron chi connectivity index (χ0n) is 7.89. The van der Waals surface area contributed by atoms with E-state index in [2.05, 4.69) is 21.2 Å². The van der Waals surface area contributed by atoms with Crippen LogP contribution in [0.4, 0.5) is 10.5 Å². The van der Waals surface area contributed by atoms with Gasteiger partial charge in [0, 0.05) is 9.50 Å². The van der Waals surface area contributed by atoms with E-state index in [1.807, 2.05) is 5.32 Å². The van der Waals surface area contributed by atoms with Gasteiger partial charge in [-0.3, -0.25) is 10.1 Å². The van der Waals surface area contributed by atoms with Gasteiger partial charge in [-0.2, -0.15) is 0 Å². The van der Waals surface area contributed by atoms with E-state index in [0.29, 0.717) is 15.2 Å². The van der Waals surface area contributed by atoms with Crippen molar-refractivity contribution in [2.45, 2.75) is 0 Å². The maximum atomic E-state index is 11.3. The molecule has 0 atom stereocenters. The van der Waals surface area contributed by atoms with Gasteiger partial charge >= 0.3 is 6.03 Å². The molecule has 0 unspecified atom stereocenters. The first-order valence-electron chi connectivity index (χ1n) is 4.15. The summed E-state index contributed by atoms with van der Waals surface area (Å²) in [6.45, 7) is 0. The minimum absolute atomic E-state index is 0.269. The van der Waals surface area contributed by atoms with E-state index in [1.165, 1.54) is 0 Å². The molecule has 4 nitrogen and oxygen atoms in total. The summed E-state index contributed by atoms with van der Waals surface area (Å²) in [6.07, 6.45) is 0. The number of urea groups is 1. The van der Waals surface area contributed by atoms with Crippen molar-refractivity contribution in [2.75, 3.05) is 11.2 Å². The van der Waals surface area contributed by atoms with Crippen LogP contribution in [0.25, 0.3) is 0 Å². The lowest BCUT2D eigenvalue weighted by atomic mass is 10.3. The second kappa shape index (κ2) is 6.08. The van der Waals surface area contributed by atoms with E-state index in [9.17, 15) is 9.59 Å². The van der Waals surface area contributed by atoms with Crippen LogP contribution >= 0.6 is 39.1 Å². The highest BCUT2D eigenvalue weighted by atomic mass is 79.9. The van der Waals surface area contributed by atoms with Crippen molar-refractivity contribution in [1.29, 1.82) is 0 Å². The van der Waals surface area contributed by atoms with Crippen molar-refractivity contribution >= 4 is 56.8 Å². The molecule has 1 rings (SSSR count). The van der Waals surface area contributed by atoms with Crippen molar-refractivity contribution in [3.8, 4) is 0 Å². The Kier molecular flexibility index (Phi) is 5.05. The Hall–Kier alpha value is -0.780. The van der Waals surface area contributed by atoms with Gasteiger partial charge < -0.3 is 5.32 Å². The number of carbonyl (C=O) groups excluding carboxylic acids is 2. The molecule has 2 N–H and O–H groups in total. The van der Waals surface area contributed by atoms with E-state index in [0.717, 1.165) is 0 Å². The molecule has 0 aliphatic heterocycles. The van der Waals surface area contributed by atoms with Crippen LogP contribution in [0.3, 0.4) is 0 Å². The fourth-order valence-corrected chi connectivity index (χ4v) is 1.75. The molecule has 1 aromatic carbocycles. The Bertz CT molecular complexity index is 426. The normalized spacial score (nSPS) is 9.69. The summed E-state index contributed by atoms with van der Waals surface area (Å²) >= 11 is 14.2. The highest BCUT2D eigenvalue weighted by Gasteiger charge is 2.08. The Morgan fingerprint density at radius 1 is 1.38 bits per heavy atom. The zero-order chi connectivity index (χ0) is 12.1. The molecule has 1 aromatic rings. The van der Waals surface area contributed by atoms with Gasteiger partial charge in [-0.05, 0) is 34.1 Å². The highest BCUT2D eigenvalue weighted by Crippen LogP contribution is 2.25. The quantitative estimate of drug-likeness (QED) is 0.821. The second-order valence-electron chi connectivity index (χ2n) is 2.76. The van der Waals surface area contributed by atoms with E-state index in [1.54, 1.807) is 18.2 Å². The number of benzene rings is 1. The molecule has 0 spiro atoms. The monoisotopic (exact) mass is 324 g/mol. The van der Waals surface area contributed by atoms with Crippen LogP contribution in [0.15, 0.2) is 22.7 Å². The lowest BCUT2D eigenvalue weighted by molar-refractivity contribution is -0.117. The van der Waals surface area contributed by atoms with Crippen LogP contribution in [0.1, 0.15) is 0 Å². The molecule has 0 aliphatic carbocycles. The maximum Gasteiger partial charge on any atom is 0.325 e. The topological polar surface area (TPSA) is 58.2 Å². The second-order valence-corrected chi connectivity index (χ2v) is 4.32. The third kappa shape index (κ3) is 4.00. The maximum absolute atomic E-state index is 11.3. The molecule has 86 valence electrons. The highest BCUT2D eigenvalue weighted by molar-refractivity contribution is 9.10. The number of rotatable bonds is 2. The van der Waals surface area contributed by atoms with Gasteiger partial charge in [0.05, 0.1) is 5.69 Å². The minimum Gasteiger partial charge on any atom is -0.307 e. The van der Waals surface area contributed by atoms with Gasteiger partial charge in [0.1, 0.15) is 5.88 Å².